The van der Waals surface area contributed by atoms with Crippen LogP contribution in [-0.2, 0) is 0 Å². The summed E-state index contributed by atoms with van der Waals surface area (Å²) >= 11 is 3.03. The molecule has 0 aromatic heterocycles. The van der Waals surface area contributed by atoms with Gasteiger partial charge in [0.2, 0.25) is 0 Å². The number of hydrogen-bond acceptors (Lipinski definition) is 3. The van der Waals surface area contributed by atoms with Crippen LogP contribution < -0.4 is 11.1 Å². The number of amidine groups is 1. The van der Waals surface area contributed by atoms with Gasteiger partial charge in [0.1, 0.15) is 5.82 Å². The fourth-order valence-electron chi connectivity index (χ4n) is 1.82. The number of nitrogens with two attached hydrogens (primary N) is 1. The maximum atomic E-state index is 13.4. The Bertz CT molecular complexity index is 532. The number of hydrogen-bond donors (Lipinski definition) is 3. The highest BCUT2D eigenvalue weighted by Gasteiger charge is 2.35. The largest absolute Gasteiger partial charge is 0.409 e. The quantitative estimate of drug-likeness (QED) is 0.341. The molecule has 0 heterocycles. The van der Waals surface area contributed by atoms with Gasteiger partial charge in [-0.2, -0.15) is 0 Å². The first kappa shape index (κ1) is 13.8. The fourth-order valence-corrected chi connectivity index (χ4v) is 2.27. The molecule has 1 saturated carbocycles. The van der Waals surface area contributed by atoms with E-state index in [-0.39, 0.29) is 21.8 Å². The number of amides is 1. The zero-order valence-electron chi connectivity index (χ0n) is 9.94. The Morgan fingerprint density at radius 3 is 2.84 bits per heavy atom. The highest BCUT2D eigenvalue weighted by atomic mass is 79.9. The van der Waals surface area contributed by atoms with Crippen LogP contribution in [0.4, 0.5) is 4.39 Å². The molecule has 0 bridgehead atoms. The highest BCUT2D eigenvalue weighted by molar-refractivity contribution is 9.10. The van der Waals surface area contributed by atoms with E-state index in [1.807, 2.05) is 0 Å². The van der Waals surface area contributed by atoms with Gasteiger partial charge in [-0.15, -0.1) is 0 Å². The summed E-state index contributed by atoms with van der Waals surface area (Å²) in [6.07, 6.45) is 1.82. The van der Waals surface area contributed by atoms with Gasteiger partial charge in [-0.3, -0.25) is 4.79 Å². The van der Waals surface area contributed by atoms with Crippen LogP contribution in [0.3, 0.4) is 0 Å². The summed E-state index contributed by atoms with van der Waals surface area (Å²) in [4.78, 5) is 12.1. The number of benzene rings is 1. The van der Waals surface area contributed by atoms with Crippen molar-refractivity contribution in [3.63, 3.8) is 0 Å². The zero-order chi connectivity index (χ0) is 14.0. The van der Waals surface area contributed by atoms with Gasteiger partial charge in [0, 0.05) is 0 Å². The molecule has 4 N–H and O–H groups in total. The molecule has 19 heavy (non-hydrogen) atoms. The van der Waals surface area contributed by atoms with Crippen LogP contribution in [-0.4, -0.2) is 23.0 Å². The van der Waals surface area contributed by atoms with Crippen molar-refractivity contribution in [2.75, 3.05) is 0 Å². The third-order valence-corrected chi connectivity index (χ3v) is 3.82. The molecule has 1 amide bonds. The second kappa shape index (κ2) is 5.56. The van der Waals surface area contributed by atoms with Crippen molar-refractivity contribution in [1.82, 2.24) is 5.32 Å². The van der Waals surface area contributed by atoms with E-state index in [0.717, 1.165) is 12.8 Å². The van der Waals surface area contributed by atoms with E-state index in [9.17, 15) is 9.18 Å². The lowest BCUT2D eigenvalue weighted by Gasteiger charge is -2.17. The van der Waals surface area contributed by atoms with Crippen LogP contribution in [0.15, 0.2) is 27.8 Å². The smallest absolute Gasteiger partial charge is 0.253 e. The van der Waals surface area contributed by atoms with E-state index in [2.05, 4.69) is 26.4 Å². The number of rotatable bonds is 4. The van der Waals surface area contributed by atoms with Crippen molar-refractivity contribution in [2.45, 2.75) is 18.9 Å². The fraction of sp³-hybridized carbons (Fsp3) is 0.333. The van der Waals surface area contributed by atoms with Gasteiger partial charge in [0.25, 0.3) is 5.91 Å². The third-order valence-electron chi connectivity index (χ3n) is 3.01. The lowest BCUT2D eigenvalue weighted by Crippen LogP contribution is -2.46. The molecule has 1 aromatic rings. The van der Waals surface area contributed by atoms with E-state index >= 15 is 0 Å². The molecule has 102 valence electrons. The summed E-state index contributed by atoms with van der Waals surface area (Å²) in [5.41, 5.74) is 5.73. The summed E-state index contributed by atoms with van der Waals surface area (Å²) < 4.78 is 13.5. The van der Waals surface area contributed by atoms with Crippen LogP contribution in [0.2, 0.25) is 0 Å². The van der Waals surface area contributed by atoms with Gasteiger partial charge in [-0.25, -0.2) is 4.39 Å². The van der Waals surface area contributed by atoms with E-state index in [1.54, 1.807) is 0 Å². The molecule has 1 fully saturated rings. The van der Waals surface area contributed by atoms with E-state index in [1.165, 1.54) is 18.2 Å². The second-order valence-electron chi connectivity index (χ2n) is 4.41. The number of carbonyl (C=O) groups excluding carboxylic acids is 1. The van der Waals surface area contributed by atoms with Crippen molar-refractivity contribution in [1.29, 1.82) is 0 Å². The molecule has 0 spiro atoms. The molecule has 1 aliphatic carbocycles. The van der Waals surface area contributed by atoms with Gasteiger partial charge in [0.05, 0.1) is 16.1 Å². The van der Waals surface area contributed by atoms with E-state index < -0.39 is 17.8 Å². The van der Waals surface area contributed by atoms with Gasteiger partial charge < -0.3 is 16.3 Å². The Kier molecular flexibility index (Phi) is 4.04. The minimum atomic E-state index is -0.521. The third kappa shape index (κ3) is 3.04. The average Bonchev–Trinajstić information content (AvgIpc) is 3.22. The van der Waals surface area contributed by atoms with Gasteiger partial charge in [0.15, 0.2) is 5.84 Å². The van der Waals surface area contributed by atoms with E-state index in [0.29, 0.717) is 0 Å². The maximum absolute atomic E-state index is 13.4. The minimum absolute atomic E-state index is 0.0385. The molecule has 7 heteroatoms. The summed E-state index contributed by atoms with van der Waals surface area (Å²) in [6.45, 7) is 0. The molecule has 2 rings (SSSR count). The van der Waals surface area contributed by atoms with E-state index in [4.69, 9.17) is 10.9 Å². The predicted molar refractivity (Wildman–Crippen MR) is 71.5 cm³/mol. The molecule has 1 unspecified atom stereocenters. The van der Waals surface area contributed by atoms with Crippen LogP contribution >= 0.6 is 15.9 Å². The maximum Gasteiger partial charge on any atom is 0.253 e. The predicted octanol–water partition coefficient (Wildman–Crippen LogP) is 1.84. The topological polar surface area (TPSA) is 87.7 Å². The van der Waals surface area contributed by atoms with Crippen molar-refractivity contribution in [2.24, 2.45) is 16.8 Å². The highest BCUT2D eigenvalue weighted by Crippen LogP contribution is 2.33. The summed E-state index contributed by atoms with van der Waals surface area (Å²) in [7, 11) is 0. The molecule has 0 radical (unpaired) electrons. The Labute approximate surface area is 117 Å². The summed E-state index contributed by atoms with van der Waals surface area (Å²) in [5, 5.41) is 14.3. The standard InChI is InChI=1S/C12H13BrFN3O2/c13-9-7(2-1-3-8(9)14)12(18)16-10(6-4-5-6)11(15)17-19/h1-3,6,10,19H,4-5H2,(H2,15,17)(H,16,18). The lowest BCUT2D eigenvalue weighted by molar-refractivity contribution is 0.0941. The van der Waals surface area contributed by atoms with Crippen LogP contribution in [0.5, 0.6) is 0 Å². The number of carbonyl (C=O) groups is 1. The molecule has 1 aromatic carbocycles. The number of oxime groups is 1. The number of nitrogens with one attached hydrogen (secondary N) is 1. The molecule has 5 nitrogen and oxygen atoms in total. The molecule has 0 saturated heterocycles. The normalized spacial score (nSPS) is 17.1. The summed E-state index contributed by atoms with van der Waals surface area (Å²) in [6, 6.07) is 3.68. The van der Waals surface area contributed by atoms with Crippen molar-refractivity contribution in [3.8, 4) is 0 Å². The second-order valence-corrected chi connectivity index (χ2v) is 5.21. The first-order chi connectivity index (χ1) is 9.04. The SMILES string of the molecule is N/C(=N/O)C(NC(=O)c1cccc(F)c1Br)C1CC1. The van der Waals surface area contributed by atoms with Crippen LogP contribution in [0, 0.1) is 11.7 Å². The molecule has 1 atom stereocenters. The van der Waals surface area contributed by atoms with Crippen molar-refractivity contribution >= 4 is 27.7 Å². The number of halogens is 2. The Morgan fingerprint density at radius 2 is 2.26 bits per heavy atom. The molecular formula is C12H13BrFN3O2. The average molecular weight is 330 g/mol. The molecular weight excluding hydrogens is 317 g/mol. The Morgan fingerprint density at radius 1 is 1.58 bits per heavy atom. The van der Waals surface area contributed by atoms with Crippen molar-refractivity contribution < 1.29 is 14.4 Å². The van der Waals surface area contributed by atoms with Crippen molar-refractivity contribution in [3.05, 3.63) is 34.1 Å². The Hall–Kier alpha value is -1.63. The molecule has 0 aliphatic heterocycles. The zero-order valence-corrected chi connectivity index (χ0v) is 11.5. The lowest BCUT2D eigenvalue weighted by atomic mass is 10.1. The van der Waals surface area contributed by atoms with Gasteiger partial charge in [-0.1, -0.05) is 11.2 Å². The van der Waals surface area contributed by atoms with Gasteiger partial charge in [-0.05, 0) is 46.8 Å². The van der Waals surface area contributed by atoms with Gasteiger partial charge >= 0.3 is 0 Å². The first-order valence-electron chi connectivity index (χ1n) is 5.77. The monoisotopic (exact) mass is 329 g/mol. The Balaban J connectivity index is 2.17. The number of nitrogens with zero attached hydrogens (tertiary/aromatic N) is 1. The summed E-state index contributed by atoms with van der Waals surface area (Å²) in [5.74, 6) is -0.843. The first-order valence-corrected chi connectivity index (χ1v) is 6.56. The van der Waals surface area contributed by atoms with Crippen LogP contribution in [0.25, 0.3) is 0 Å². The molecule has 1 aliphatic rings. The minimum Gasteiger partial charge on any atom is -0.409 e. The van der Waals surface area contributed by atoms with Crippen LogP contribution in [0.1, 0.15) is 23.2 Å².